The number of ether oxygens (including phenoxy) is 2. The van der Waals surface area contributed by atoms with Crippen molar-refractivity contribution in [2.45, 2.75) is 13.0 Å². The molecule has 2 fully saturated rings. The second-order valence-corrected chi connectivity index (χ2v) is 7.43. The van der Waals surface area contributed by atoms with Crippen molar-refractivity contribution < 1.29 is 14.3 Å². The Bertz CT molecular complexity index is 823. The van der Waals surface area contributed by atoms with Gasteiger partial charge in [-0.1, -0.05) is 18.2 Å². The van der Waals surface area contributed by atoms with Crippen LogP contribution in [0.5, 0.6) is 0 Å². The van der Waals surface area contributed by atoms with Gasteiger partial charge in [-0.05, 0) is 19.1 Å². The number of para-hydroxylation sites is 1. The molecule has 1 amide bonds. The van der Waals surface area contributed by atoms with Crippen LogP contribution in [-0.2, 0) is 9.47 Å². The fraction of sp³-hybridized carbons (Fsp3) is 0.524. The number of morpholine rings is 2. The molecule has 2 saturated heterocycles. The van der Waals surface area contributed by atoms with Crippen LogP contribution < -0.4 is 10.2 Å². The highest BCUT2D eigenvalue weighted by atomic mass is 35.5. The van der Waals surface area contributed by atoms with Crippen LogP contribution in [0.4, 0.5) is 5.82 Å². The summed E-state index contributed by atoms with van der Waals surface area (Å²) < 4.78 is 10.9. The van der Waals surface area contributed by atoms with E-state index >= 15 is 0 Å². The molecule has 2 aliphatic heterocycles. The number of carbonyl (C=O) groups excluding carboxylic acids is 1. The van der Waals surface area contributed by atoms with E-state index in [1.165, 1.54) is 0 Å². The predicted molar refractivity (Wildman–Crippen MR) is 116 cm³/mol. The van der Waals surface area contributed by atoms with Gasteiger partial charge in [0.2, 0.25) is 0 Å². The Hall–Kier alpha value is -1.93. The predicted octanol–water partition coefficient (Wildman–Crippen LogP) is 1.94. The first-order valence-corrected chi connectivity index (χ1v) is 10.0. The van der Waals surface area contributed by atoms with Gasteiger partial charge in [0.25, 0.3) is 5.91 Å². The van der Waals surface area contributed by atoms with E-state index in [1.807, 2.05) is 30.3 Å². The number of amides is 1. The number of nitrogens with zero attached hydrogens (tertiary/aromatic N) is 3. The molecule has 1 unspecified atom stereocenters. The van der Waals surface area contributed by atoms with Gasteiger partial charge in [0, 0.05) is 44.2 Å². The fourth-order valence-electron chi connectivity index (χ4n) is 3.82. The van der Waals surface area contributed by atoms with Crippen LogP contribution in [0.1, 0.15) is 17.3 Å². The van der Waals surface area contributed by atoms with Crippen molar-refractivity contribution in [3.8, 4) is 0 Å². The molecule has 1 aromatic heterocycles. The molecule has 1 atom stereocenters. The van der Waals surface area contributed by atoms with Gasteiger partial charge < -0.3 is 19.7 Å². The van der Waals surface area contributed by atoms with Gasteiger partial charge in [0.15, 0.2) is 0 Å². The maximum atomic E-state index is 13.1. The summed E-state index contributed by atoms with van der Waals surface area (Å²) in [5.74, 6) is 0.793. The van der Waals surface area contributed by atoms with E-state index in [0.717, 1.165) is 62.7 Å². The van der Waals surface area contributed by atoms with Crippen molar-refractivity contribution in [1.29, 1.82) is 0 Å². The van der Waals surface area contributed by atoms with E-state index in [0.29, 0.717) is 18.8 Å². The standard InChI is InChI=1S/C21H28N4O3.ClH/c1-16(15-24-6-10-27-11-7-24)22-21(26)18-14-20(25-8-12-28-13-9-25)23-19-5-3-2-4-17(18)19;/h2-5,14,16H,6-13,15H2,1H3,(H,22,26);1H. The van der Waals surface area contributed by atoms with Crippen LogP contribution >= 0.6 is 12.4 Å². The number of carbonyl (C=O) groups is 1. The number of fused-ring (bicyclic) bond motifs is 1. The molecule has 29 heavy (non-hydrogen) atoms. The lowest BCUT2D eigenvalue weighted by Crippen LogP contribution is -2.46. The summed E-state index contributed by atoms with van der Waals surface area (Å²) in [7, 11) is 0. The van der Waals surface area contributed by atoms with Crippen molar-refractivity contribution in [1.82, 2.24) is 15.2 Å². The van der Waals surface area contributed by atoms with Gasteiger partial charge in [0.1, 0.15) is 5.82 Å². The van der Waals surface area contributed by atoms with Gasteiger partial charge in [-0.25, -0.2) is 4.98 Å². The zero-order chi connectivity index (χ0) is 19.3. The number of aromatic nitrogens is 1. The molecular weight excluding hydrogens is 392 g/mol. The summed E-state index contributed by atoms with van der Waals surface area (Å²) >= 11 is 0. The zero-order valence-electron chi connectivity index (χ0n) is 16.8. The molecule has 1 N–H and O–H groups in total. The molecule has 2 aromatic rings. The monoisotopic (exact) mass is 420 g/mol. The van der Waals surface area contributed by atoms with E-state index in [2.05, 4.69) is 22.0 Å². The number of pyridine rings is 1. The molecular formula is C21H29ClN4O3. The smallest absolute Gasteiger partial charge is 0.252 e. The summed E-state index contributed by atoms with van der Waals surface area (Å²) in [5, 5.41) is 4.06. The molecule has 0 aliphatic carbocycles. The quantitative estimate of drug-likeness (QED) is 0.797. The van der Waals surface area contributed by atoms with Crippen LogP contribution in [0.15, 0.2) is 30.3 Å². The molecule has 0 radical (unpaired) electrons. The largest absolute Gasteiger partial charge is 0.379 e. The summed E-state index contributed by atoms with van der Waals surface area (Å²) in [4.78, 5) is 22.4. The Kier molecular flexibility index (Phi) is 7.66. The molecule has 7 nitrogen and oxygen atoms in total. The van der Waals surface area contributed by atoms with E-state index < -0.39 is 0 Å². The number of rotatable bonds is 5. The Balaban J connectivity index is 0.00000240. The first kappa shape index (κ1) is 21.8. The number of halogens is 1. The lowest BCUT2D eigenvalue weighted by atomic mass is 10.1. The Morgan fingerprint density at radius 3 is 2.48 bits per heavy atom. The first-order chi connectivity index (χ1) is 13.7. The van der Waals surface area contributed by atoms with Crippen LogP contribution in [-0.4, -0.2) is 81.0 Å². The fourth-order valence-corrected chi connectivity index (χ4v) is 3.82. The zero-order valence-corrected chi connectivity index (χ0v) is 17.6. The Morgan fingerprint density at radius 1 is 1.10 bits per heavy atom. The lowest BCUT2D eigenvalue weighted by Gasteiger charge is -2.30. The minimum Gasteiger partial charge on any atom is -0.379 e. The van der Waals surface area contributed by atoms with Crippen LogP contribution in [0.25, 0.3) is 10.9 Å². The van der Waals surface area contributed by atoms with E-state index in [4.69, 9.17) is 14.5 Å². The number of benzene rings is 1. The summed E-state index contributed by atoms with van der Waals surface area (Å²) in [6, 6.07) is 9.82. The minimum absolute atomic E-state index is 0. The third-order valence-electron chi connectivity index (χ3n) is 5.30. The average molecular weight is 421 g/mol. The molecule has 0 saturated carbocycles. The van der Waals surface area contributed by atoms with Crippen molar-refractivity contribution in [2.75, 3.05) is 64.1 Å². The molecule has 4 rings (SSSR count). The van der Waals surface area contributed by atoms with Crippen molar-refractivity contribution in [2.24, 2.45) is 0 Å². The highest BCUT2D eigenvalue weighted by Crippen LogP contribution is 2.24. The SMILES string of the molecule is CC(CN1CCOCC1)NC(=O)c1cc(N2CCOCC2)nc2ccccc12.Cl. The van der Waals surface area contributed by atoms with Crippen LogP contribution in [0.3, 0.4) is 0 Å². The minimum atomic E-state index is -0.0473. The normalized spacial score (nSPS) is 18.9. The van der Waals surface area contributed by atoms with Crippen molar-refractivity contribution >= 4 is 35.0 Å². The molecule has 8 heteroatoms. The van der Waals surface area contributed by atoms with Gasteiger partial charge in [-0.2, -0.15) is 0 Å². The Morgan fingerprint density at radius 2 is 1.76 bits per heavy atom. The molecule has 158 valence electrons. The van der Waals surface area contributed by atoms with Gasteiger partial charge in [-0.3, -0.25) is 9.69 Å². The average Bonchev–Trinajstić information content (AvgIpc) is 2.74. The van der Waals surface area contributed by atoms with Crippen LogP contribution in [0, 0.1) is 0 Å². The summed E-state index contributed by atoms with van der Waals surface area (Å²) in [5.41, 5.74) is 1.53. The number of hydrogen-bond acceptors (Lipinski definition) is 6. The van der Waals surface area contributed by atoms with Gasteiger partial charge >= 0.3 is 0 Å². The van der Waals surface area contributed by atoms with Gasteiger partial charge in [-0.15, -0.1) is 12.4 Å². The number of nitrogens with one attached hydrogen (secondary N) is 1. The van der Waals surface area contributed by atoms with E-state index in [1.54, 1.807) is 0 Å². The lowest BCUT2D eigenvalue weighted by molar-refractivity contribution is 0.0342. The highest BCUT2D eigenvalue weighted by molar-refractivity contribution is 6.07. The second-order valence-electron chi connectivity index (χ2n) is 7.43. The number of anilines is 1. The highest BCUT2D eigenvalue weighted by Gasteiger charge is 2.20. The second kappa shape index (κ2) is 10.2. The van der Waals surface area contributed by atoms with Gasteiger partial charge in [0.05, 0.1) is 37.5 Å². The first-order valence-electron chi connectivity index (χ1n) is 10.0. The maximum absolute atomic E-state index is 13.1. The van der Waals surface area contributed by atoms with Crippen molar-refractivity contribution in [3.63, 3.8) is 0 Å². The topological polar surface area (TPSA) is 66.9 Å². The molecule has 2 aliphatic rings. The maximum Gasteiger partial charge on any atom is 0.252 e. The van der Waals surface area contributed by atoms with E-state index in [-0.39, 0.29) is 24.4 Å². The van der Waals surface area contributed by atoms with Crippen LogP contribution in [0.2, 0.25) is 0 Å². The molecule has 0 spiro atoms. The Labute approximate surface area is 177 Å². The van der Waals surface area contributed by atoms with E-state index in [9.17, 15) is 4.79 Å². The van der Waals surface area contributed by atoms with Crippen molar-refractivity contribution in [3.05, 3.63) is 35.9 Å². The molecule has 1 aromatic carbocycles. The summed E-state index contributed by atoms with van der Waals surface area (Å²) in [6.07, 6.45) is 0. The molecule has 0 bridgehead atoms. The number of hydrogen-bond donors (Lipinski definition) is 1. The third kappa shape index (κ3) is 5.36. The third-order valence-corrected chi connectivity index (χ3v) is 5.30. The summed E-state index contributed by atoms with van der Waals surface area (Å²) in [6.45, 7) is 9.20. The molecule has 3 heterocycles.